The summed E-state index contributed by atoms with van der Waals surface area (Å²) in [7, 11) is 0. The molecule has 2 amide bonds. The van der Waals surface area contributed by atoms with Gasteiger partial charge < -0.3 is 9.84 Å². The predicted octanol–water partition coefficient (Wildman–Crippen LogP) is 3.02. The number of ether oxygens (including phenoxy) is 1. The maximum atomic E-state index is 12.6. The molecule has 1 aliphatic rings. The number of hydrazine groups is 1. The number of rotatable bonds is 8. The van der Waals surface area contributed by atoms with Crippen LogP contribution in [0.5, 0.6) is 5.75 Å². The Labute approximate surface area is 182 Å². The molecule has 2 aromatic rings. The molecule has 2 N–H and O–H groups in total. The van der Waals surface area contributed by atoms with E-state index in [2.05, 4.69) is 5.43 Å². The number of carboxylic acids is 1. The van der Waals surface area contributed by atoms with Crippen molar-refractivity contribution in [3.8, 4) is 5.75 Å². The number of hydrogen-bond acceptors (Lipinski definition) is 6. The standard InChI is InChI=1S/C21H18N2O5S2/c24-18(13-14-4-2-1-3-5-14)22-23-20(27)17(30-21(23)29)12-15-6-8-16(9-7-15)28-11-10-19(25)26/h1-9,12H,10-11,13H2,(H,22,24)(H,25,26)/b17-12+. The number of aliphatic carboxylic acids is 1. The second-order valence-corrected chi connectivity index (χ2v) is 7.95. The Balaban J connectivity index is 1.60. The largest absolute Gasteiger partial charge is 0.493 e. The molecule has 154 valence electrons. The summed E-state index contributed by atoms with van der Waals surface area (Å²) in [6.45, 7) is 0.0794. The summed E-state index contributed by atoms with van der Waals surface area (Å²) in [5, 5.41) is 9.71. The van der Waals surface area contributed by atoms with E-state index in [9.17, 15) is 14.4 Å². The average molecular weight is 443 g/mol. The first kappa shape index (κ1) is 21.5. The molecular formula is C21H18N2O5S2. The van der Waals surface area contributed by atoms with Gasteiger partial charge in [0.25, 0.3) is 5.91 Å². The number of thiocarbonyl (C=S) groups is 1. The molecule has 3 rings (SSSR count). The van der Waals surface area contributed by atoms with Crippen LogP contribution in [-0.2, 0) is 20.8 Å². The third kappa shape index (κ3) is 5.91. The fourth-order valence-electron chi connectivity index (χ4n) is 2.58. The first-order valence-electron chi connectivity index (χ1n) is 8.98. The monoisotopic (exact) mass is 442 g/mol. The zero-order valence-electron chi connectivity index (χ0n) is 15.7. The van der Waals surface area contributed by atoms with E-state index in [1.54, 1.807) is 30.3 Å². The van der Waals surface area contributed by atoms with Crippen molar-refractivity contribution in [2.24, 2.45) is 0 Å². The minimum Gasteiger partial charge on any atom is -0.493 e. The highest BCUT2D eigenvalue weighted by Crippen LogP contribution is 2.31. The van der Waals surface area contributed by atoms with Gasteiger partial charge in [0.15, 0.2) is 4.32 Å². The van der Waals surface area contributed by atoms with Crippen LogP contribution in [0.25, 0.3) is 6.08 Å². The van der Waals surface area contributed by atoms with Gasteiger partial charge >= 0.3 is 5.97 Å². The summed E-state index contributed by atoms with van der Waals surface area (Å²) >= 11 is 6.33. The lowest BCUT2D eigenvalue weighted by molar-refractivity contribution is -0.137. The molecule has 9 heteroatoms. The van der Waals surface area contributed by atoms with Gasteiger partial charge in [-0.15, -0.1) is 0 Å². The summed E-state index contributed by atoms with van der Waals surface area (Å²) in [6, 6.07) is 16.1. The molecule has 0 bridgehead atoms. The van der Waals surface area contributed by atoms with Crippen molar-refractivity contribution in [3.63, 3.8) is 0 Å². The Hall–Kier alpha value is -3.17. The highest BCUT2D eigenvalue weighted by molar-refractivity contribution is 8.26. The van der Waals surface area contributed by atoms with E-state index in [0.717, 1.165) is 27.9 Å². The number of thioether (sulfide) groups is 1. The summed E-state index contributed by atoms with van der Waals surface area (Å²) in [5.74, 6) is -1.12. The molecule has 7 nitrogen and oxygen atoms in total. The first-order chi connectivity index (χ1) is 14.4. The summed E-state index contributed by atoms with van der Waals surface area (Å²) in [4.78, 5) is 35.8. The number of carbonyl (C=O) groups is 3. The van der Waals surface area contributed by atoms with Crippen LogP contribution in [0, 0.1) is 0 Å². The number of carbonyl (C=O) groups excluding carboxylic acids is 2. The van der Waals surface area contributed by atoms with Gasteiger partial charge in [0.2, 0.25) is 5.91 Å². The maximum absolute atomic E-state index is 12.6. The molecule has 0 unspecified atom stereocenters. The van der Waals surface area contributed by atoms with Crippen LogP contribution in [0.3, 0.4) is 0 Å². The first-order valence-corrected chi connectivity index (χ1v) is 10.2. The van der Waals surface area contributed by atoms with Crippen molar-refractivity contribution in [2.75, 3.05) is 6.61 Å². The summed E-state index contributed by atoms with van der Waals surface area (Å²) in [5.41, 5.74) is 4.14. The molecule has 0 atom stereocenters. The van der Waals surface area contributed by atoms with Gasteiger partial charge in [-0.3, -0.25) is 19.8 Å². The van der Waals surface area contributed by atoms with E-state index >= 15 is 0 Å². The normalized spacial score (nSPS) is 14.8. The Morgan fingerprint density at radius 3 is 2.50 bits per heavy atom. The van der Waals surface area contributed by atoms with E-state index in [0.29, 0.717) is 10.7 Å². The van der Waals surface area contributed by atoms with E-state index < -0.39 is 11.9 Å². The van der Waals surface area contributed by atoms with E-state index in [-0.39, 0.29) is 29.7 Å². The molecule has 0 spiro atoms. The third-order valence-electron chi connectivity index (χ3n) is 4.00. The van der Waals surface area contributed by atoms with Crippen LogP contribution in [0.15, 0.2) is 59.5 Å². The van der Waals surface area contributed by atoms with Crippen molar-refractivity contribution in [3.05, 3.63) is 70.6 Å². The van der Waals surface area contributed by atoms with Gasteiger partial charge in [-0.05, 0) is 41.6 Å². The zero-order valence-corrected chi connectivity index (χ0v) is 17.4. The lowest BCUT2D eigenvalue weighted by atomic mass is 10.1. The maximum Gasteiger partial charge on any atom is 0.306 e. The Bertz CT molecular complexity index is 990. The number of nitrogens with one attached hydrogen (secondary N) is 1. The Morgan fingerprint density at radius 2 is 1.83 bits per heavy atom. The van der Waals surface area contributed by atoms with Crippen molar-refractivity contribution >= 4 is 52.2 Å². The van der Waals surface area contributed by atoms with E-state index in [1.807, 2.05) is 30.3 Å². The number of benzene rings is 2. The minimum atomic E-state index is -0.926. The van der Waals surface area contributed by atoms with Crippen LogP contribution in [0.4, 0.5) is 0 Å². The van der Waals surface area contributed by atoms with Crippen molar-refractivity contribution in [2.45, 2.75) is 12.8 Å². The fourth-order valence-corrected chi connectivity index (χ4v) is 3.76. The van der Waals surface area contributed by atoms with Gasteiger partial charge in [-0.1, -0.05) is 54.2 Å². The molecule has 0 saturated carbocycles. The number of amides is 2. The van der Waals surface area contributed by atoms with Crippen LogP contribution in [0.1, 0.15) is 17.5 Å². The van der Waals surface area contributed by atoms with E-state index in [4.69, 9.17) is 22.1 Å². The third-order valence-corrected chi connectivity index (χ3v) is 5.30. The zero-order chi connectivity index (χ0) is 21.5. The fraction of sp³-hybridized carbons (Fsp3) is 0.143. The second-order valence-electron chi connectivity index (χ2n) is 6.28. The molecule has 0 aliphatic carbocycles. The molecule has 1 aliphatic heterocycles. The molecule has 1 saturated heterocycles. The van der Waals surface area contributed by atoms with Crippen LogP contribution in [0.2, 0.25) is 0 Å². The summed E-state index contributed by atoms with van der Waals surface area (Å²) < 4.78 is 5.59. The van der Waals surface area contributed by atoms with Gasteiger partial charge in [-0.2, -0.15) is 5.01 Å². The highest BCUT2D eigenvalue weighted by atomic mass is 32.2. The predicted molar refractivity (Wildman–Crippen MR) is 117 cm³/mol. The number of carboxylic acid groups (broad SMARTS) is 1. The summed E-state index contributed by atoms with van der Waals surface area (Å²) in [6.07, 6.45) is 1.73. The van der Waals surface area contributed by atoms with Crippen molar-refractivity contribution in [1.29, 1.82) is 0 Å². The molecule has 1 fully saturated rings. The van der Waals surface area contributed by atoms with E-state index in [1.165, 1.54) is 0 Å². The SMILES string of the molecule is O=C(O)CCOc1ccc(/C=C2/SC(=S)N(NC(=O)Cc3ccccc3)C2=O)cc1. The molecule has 1 heterocycles. The van der Waals surface area contributed by atoms with Crippen molar-refractivity contribution < 1.29 is 24.2 Å². The van der Waals surface area contributed by atoms with Crippen LogP contribution >= 0.6 is 24.0 Å². The lowest BCUT2D eigenvalue weighted by Crippen LogP contribution is -2.45. The Morgan fingerprint density at radius 1 is 1.13 bits per heavy atom. The average Bonchev–Trinajstić information content (AvgIpc) is 2.97. The molecule has 2 aromatic carbocycles. The molecule has 0 aromatic heterocycles. The van der Waals surface area contributed by atoms with Gasteiger partial charge in [-0.25, -0.2) is 0 Å². The highest BCUT2D eigenvalue weighted by Gasteiger charge is 2.33. The Kier molecular flexibility index (Phi) is 7.21. The second kappa shape index (κ2) is 10.0. The lowest BCUT2D eigenvalue weighted by Gasteiger charge is -2.15. The van der Waals surface area contributed by atoms with Crippen LogP contribution in [-0.4, -0.2) is 38.8 Å². The smallest absolute Gasteiger partial charge is 0.306 e. The van der Waals surface area contributed by atoms with Gasteiger partial charge in [0.05, 0.1) is 24.4 Å². The molecular weight excluding hydrogens is 424 g/mol. The topological polar surface area (TPSA) is 95.9 Å². The number of nitrogens with zero attached hydrogens (tertiary/aromatic N) is 1. The minimum absolute atomic E-state index is 0.0794. The number of hydrogen-bond donors (Lipinski definition) is 2. The van der Waals surface area contributed by atoms with Crippen molar-refractivity contribution in [1.82, 2.24) is 10.4 Å². The molecule has 30 heavy (non-hydrogen) atoms. The molecule has 0 radical (unpaired) electrons. The van der Waals surface area contributed by atoms with Gasteiger partial charge in [0.1, 0.15) is 5.75 Å². The van der Waals surface area contributed by atoms with Gasteiger partial charge in [0, 0.05) is 0 Å². The quantitative estimate of drug-likeness (QED) is 0.479. The van der Waals surface area contributed by atoms with Crippen LogP contribution < -0.4 is 10.2 Å².